The maximum Gasteiger partial charge on any atom is 0.407 e. The number of nitrogens with one attached hydrogen (secondary N) is 2. The van der Waals surface area contributed by atoms with Crippen molar-refractivity contribution < 1.29 is 24.2 Å². The summed E-state index contributed by atoms with van der Waals surface area (Å²) in [6.45, 7) is 4.64. The van der Waals surface area contributed by atoms with Crippen molar-refractivity contribution in [1.29, 1.82) is 0 Å². The first-order chi connectivity index (χ1) is 16.9. The quantitative estimate of drug-likeness (QED) is 0.482. The molecule has 0 radical (unpaired) electrons. The molecule has 35 heavy (non-hydrogen) atoms. The molecule has 8 heteroatoms. The van der Waals surface area contributed by atoms with Gasteiger partial charge in [-0.1, -0.05) is 48.5 Å². The van der Waals surface area contributed by atoms with E-state index in [-0.39, 0.29) is 31.4 Å². The molecule has 8 nitrogen and oxygen atoms in total. The molecule has 3 N–H and O–H groups in total. The van der Waals surface area contributed by atoms with Gasteiger partial charge in [0.1, 0.15) is 12.6 Å². The zero-order valence-electron chi connectivity index (χ0n) is 20.0. The maximum absolute atomic E-state index is 12.8. The largest absolute Gasteiger partial charge is 0.481 e. The highest BCUT2D eigenvalue weighted by Gasteiger charge is 2.30. The Kier molecular flexibility index (Phi) is 8.02. The van der Waals surface area contributed by atoms with E-state index in [4.69, 9.17) is 9.84 Å². The molecule has 1 heterocycles. The third-order valence-corrected chi connectivity index (χ3v) is 6.93. The van der Waals surface area contributed by atoms with Gasteiger partial charge in [-0.2, -0.15) is 0 Å². The van der Waals surface area contributed by atoms with Gasteiger partial charge in [0.25, 0.3) is 0 Å². The number of benzene rings is 2. The molecule has 186 valence electrons. The first-order valence-corrected chi connectivity index (χ1v) is 12.3. The van der Waals surface area contributed by atoms with Crippen molar-refractivity contribution in [3.8, 4) is 11.1 Å². The van der Waals surface area contributed by atoms with Crippen LogP contribution in [-0.2, 0) is 14.3 Å². The smallest absolute Gasteiger partial charge is 0.407 e. The average Bonchev–Trinajstić information content (AvgIpc) is 3.50. The second-order valence-corrected chi connectivity index (χ2v) is 9.29. The normalized spacial score (nSPS) is 16.7. The molecule has 0 spiro atoms. The molecule has 0 saturated carbocycles. The number of hydrogen-bond acceptors (Lipinski definition) is 5. The number of amides is 2. The van der Waals surface area contributed by atoms with Crippen LogP contribution in [0.25, 0.3) is 11.1 Å². The molecule has 0 bridgehead atoms. The first-order valence-electron chi connectivity index (χ1n) is 12.3. The Morgan fingerprint density at radius 3 is 2.23 bits per heavy atom. The van der Waals surface area contributed by atoms with Gasteiger partial charge in [-0.15, -0.1) is 0 Å². The van der Waals surface area contributed by atoms with Gasteiger partial charge in [0.15, 0.2) is 0 Å². The number of rotatable bonds is 10. The Labute approximate surface area is 205 Å². The molecule has 1 saturated heterocycles. The molecule has 1 fully saturated rings. The van der Waals surface area contributed by atoms with E-state index < -0.39 is 24.0 Å². The standard InChI is InChI=1S/C27H33N3O5/c1-18(30-14-6-7-15-30)16-28-26(33)24(12-13-25(31)32)29-27(34)35-17-23-21-10-4-2-8-19(21)20-9-3-5-11-22(20)23/h2-5,8-11,18,23-24H,6-7,12-17H2,1H3,(H,28,33)(H,29,34)(H,31,32). The van der Waals surface area contributed by atoms with Crippen molar-refractivity contribution in [3.05, 3.63) is 59.7 Å². The summed E-state index contributed by atoms with van der Waals surface area (Å²) in [6.07, 6.45) is 1.34. The van der Waals surface area contributed by atoms with E-state index in [2.05, 4.69) is 34.6 Å². The lowest BCUT2D eigenvalue weighted by Crippen LogP contribution is -2.50. The van der Waals surface area contributed by atoms with E-state index in [9.17, 15) is 14.4 Å². The predicted octanol–water partition coefficient (Wildman–Crippen LogP) is 3.36. The molecule has 0 aromatic heterocycles. The minimum atomic E-state index is -1.03. The van der Waals surface area contributed by atoms with Gasteiger partial charge in [0.05, 0.1) is 0 Å². The van der Waals surface area contributed by atoms with Crippen molar-refractivity contribution >= 4 is 18.0 Å². The summed E-state index contributed by atoms with van der Waals surface area (Å²) in [4.78, 5) is 38.9. The highest BCUT2D eigenvalue weighted by Crippen LogP contribution is 2.44. The second kappa shape index (κ2) is 11.4. The third-order valence-electron chi connectivity index (χ3n) is 6.93. The Bertz CT molecular complexity index is 1020. The number of nitrogens with zero attached hydrogens (tertiary/aromatic N) is 1. The molecule has 2 aromatic carbocycles. The summed E-state index contributed by atoms with van der Waals surface area (Å²) < 4.78 is 5.55. The molecule has 2 atom stereocenters. The number of ether oxygens (including phenoxy) is 1. The van der Waals surface area contributed by atoms with E-state index in [1.807, 2.05) is 36.4 Å². The van der Waals surface area contributed by atoms with E-state index in [0.29, 0.717) is 6.54 Å². The van der Waals surface area contributed by atoms with Crippen LogP contribution in [0, 0.1) is 0 Å². The Morgan fingerprint density at radius 2 is 1.63 bits per heavy atom. The van der Waals surface area contributed by atoms with Crippen LogP contribution in [0.5, 0.6) is 0 Å². The van der Waals surface area contributed by atoms with Gasteiger partial charge < -0.3 is 20.5 Å². The lowest BCUT2D eigenvalue weighted by molar-refractivity contribution is -0.137. The van der Waals surface area contributed by atoms with E-state index in [0.717, 1.165) is 48.2 Å². The number of likely N-dealkylation sites (tertiary alicyclic amines) is 1. The van der Waals surface area contributed by atoms with Crippen molar-refractivity contribution in [2.24, 2.45) is 0 Å². The van der Waals surface area contributed by atoms with Crippen molar-refractivity contribution in [3.63, 3.8) is 0 Å². The van der Waals surface area contributed by atoms with Gasteiger partial charge in [-0.3, -0.25) is 14.5 Å². The van der Waals surface area contributed by atoms with E-state index in [1.165, 1.54) is 0 Å². The molecule has 2 unspecified atom stereocenters. The minimum Gasteiger partial charge on any atom is -0.481 e. The number of carbonyl (C=O) groups excluding carboxylic acids is 2. The number of carboxylic acid groups (broad SMARTS) is 1. The topological polar surface area (TPSA) is 108 Å². The summed E-state index contributed by atoms with van der Waals surface area (Å²) >= 11 is 0. The van der Waals surface area contributed by atoms with E-state index >= 15 is 0 Å². The average molecular weight is 480 g/mol. The highest BCUT2D eigenvalue weighted by atomic mass is 16.5. The second-order valence-electron chi connectivity index (χ2n) is 9.29. The van der Waals surface area contributed by atoms with Crippen LogP contribution >= 0.6 is 0 Å². The fourth-order valence-corrected chi connectivity index (χ4v) is 5.00. The zero-order chi connectivity index (χ0) is 24.8. The van der Waals surface area contributed by atoms with Gasteiger partial charge >= 0.3 is 12.1 Å². The molecule has 2 aromatic rings. The molecule has 1 aliphatic heterocycles. The minimum absolute atomic E-state index is 0.0105. The van der Waals surface area contributed by atoms with Crippen LogP contribution in [0.4, 0.5) is 4.79 Å². The summed E-state index contributed by atoms with van der Waals surface area (Å²) in [6, 6.07) is 15.3. The molecular weight excluding hydrogens is 446 g/mol. The fraction of sp³-hybridized carbons (Fsp3) is 0.444. The zero-order valence-corrected chi connectivity index (χ0v) is 20.0. The lowest BCUT2D eigenvalue weighted by atomic mass is 9.98. The van der Waals surface area contributed by atoms with Gasteiger partial charge in [-0.05, 0) is 61.5 Å². The van der Waals surface area contributed by atoms with Crippen LogP contribution in [0.1, 0.15) is 49.7 Å². The summed E-state index contributed by atoms with van der Waals surface area (Å²) in [5.74, 6) is -1.52. The van der Waals surface area contributed by atoms with Crippen molar-refractivity contribution in [1.82, 2.24) is 15.5 Å². The summed E-state index contributed by atoms with van der Waals surface area (Å²) in [5, 5.41) is 14.5. The number of carboxylic acids is 1. The van der Waals surface area contributed by atoms with Crippen molar-refractivity contribution in [2.75, 3.05) is 26.2 Å². The predicted molar refractivity (Wildman–Crippen MR) is 132 cm³/mol. The fourth-order valence-electron chi connectivity index (χ4n) is 5.00. The maximum atomic E-state index is 12.8. The molecule has 1 aliphatic carbocycles. The monoisotopic (exact) mass is 479 g/mol. The van der Waals surface area contributed by atoms with Crippen molar-refractivity contribution in [2.45, 2.75) is 50.6 Å². The Hall–Kier alpha value is -3.39. The first kappa shape index (κ1) is 24.7. The number of aliphatic carboxylic acids is 1. The third kappa shape index (κ3) is 6.00. The summed E-state index contributed by atoms with van der Waals surface area (Å²) in [5.41, 5.74) is 4.45. The number of hydrogen-bond donors (Lipinski definition) is 3. The number of fused-ring (bicyclic) bond motifs is 3. The Balaban J connectivity index is 1.35. The molecular formula is C27H33N3O5. The van der Waals surface area contributed by atoms with Gasteiger partial charge in [0.2, 0.25) is 5.91 Å². The van der Waals surface area contributed by atoms with Crippen LogP contribution < -0.4 is 10.6 Å². The lowest BCUT2D eigenvalue weighted by Gasteiger charge is -2.25. The van der Waals surface area contributed by atoms with E-state index in [1.54, 1.807) is 0 Å². The SMILES string of the molecule is CC(CNC(=O)C(CCC(=O)O)NC(=O)OCC1c2ccccc2-c2ccccc21)N1CCCC1. The Morgan fingerprint density at radius 1 is 1.03 bits per heavy atom. The van der Waals surface area contributed by atoms with Gasteiger partial charge in [0, 0.05) is 24.9 Å². The molecule has 2 aliphatic rings. The number of carbonyl (C=O) groups is 3. The molecule has 4 rings (SSSR count). The molecule has 2 amide bonds. The van der Waals surface area contributed by atoms with Crippen LogP contribution in [-0.4, -0.2) is 66.3 Å². The number of alkyl carbamates (subject to hydrolysis) is 1. The van der Waals surface area contributed by atoms with Crippen LogP contribution in [0.2, 0.25) is 0 Å². The highest BCUT2D eigenvalue weighted by molar-refractivity contribution is 5.86. The summed E-state index contributed by atoms with van der Waals surface area (Å²) in [7, 11) is 0. The van der Waals surface area contributed by atoms with Gasteiger partial charge in [-0.25, -0.2) is 4.79 Å². The van der Waals surface area contributed by atoms with Crippen LogP contribution in [0.15, 0.2) is 48.5 Å². The van der Waals surface area contributed by atoms with Crippen LogP contribution in [0.3, 0.4) is 0 Å².